The molecule has 1 amide bonds. The van der Waals surface area contributed by atoms with E-state index in [4.69, 9.17) is 0 Å². The van der Waals surface area contributed by atoms with Crippen LogP contribution in [0.15, 0.2) is 72.9 Å². The number of amides is 1. The summed E-state index contributed by atoms with van der Waals surface area (Å²) in [6, 6.07) is 19.0. The summed E-state index contributed by atoms with van der Waals surface area (Å²) in [5.41, 5.74) is 3.03. The van der Waals surface area contributed by atoms with Crippen molar-refractivity contribution in [3.8, 4) is 11.4 Å². The number of halogens is 1. The Kier molecular flexibility index (Phi) is 4.15. The molecule has 5 nitrogen and oxygen atoms in total. The van der Waals surface area contributed by atoms with Crippen LogP contribution in [0.1, 0.15) is 5.56 Å². The van der Waals surface area contributed by atoms with Crippen molar-refractivity contribution in [1.82, 2.24) is 14.6 Å². The molecule has 0 unspecified atom stereocenters. The summed E-state index contributed by atoms with van der Waals surface area (Å²) < 4.78 is 14.8. The number of aromatic nitrogens is 3. The molecule has 1 N–H and O–H groups in total. The molecular weight excluding hydrogens is 331 g/mol. The molecule has 128 valence electrons. The number of carbonyl (C=O) groups is 1. The Balaban J connectivity index is 1.54. The third-order valence-corrected chi connectivity index (χ3v) is 4.00. The maximum Gasteiger partial charge on any atom is 0.228 e. The standard InChI is InChI=1S/C20H15FN4O/c21-16-9-7-14(8-10-16)12-19(26)22-17-5-3-4-15(13-17)20-24-23-18-6-1-2-11-25(18)20/h1-11,13H,12H2,(H,22,26). The molecule has 2 aromatic heterocycles. The molecule has 0 fully saturated rings. The van der Waals surface area contributed by atoms with Crippen LogP contribution in [0.4, 0.5) is 10.1 Å². The van der Waals surface area contributed by atoms with Crippen LogP contribution in [0.25, 0.3) is 17.0 Å². The lowest BCUT2D eigenvalue weighted by Gasteiger charge is -2.07. The summed E-state index contributed by atoms with van der Waals surface area (Å²) in [7, 11) is 0. The molecular formula is C20H15FN4O. The minimum atomic E-state index is -0.317. The first-order valence-electron chi connectivity index (χ1n) is 8.13. The van der Waals surface area contributed by atoms with Crippen molar-refractivity contribution in [1.29, 1.82) is 0 Å². The summed E-state index contributed by atoms with van der Waals surface area (Å²) in [5.74, 6) is 0.220. The van der Waals surface area contributed by atoms with Gasteiger partial charge in [0.05, 0.1) is 6.42 Å². The summed E-state index contributed by atoms with van der Waals surface area (Å²) in [6.45, 7) is 0. The van der Waals surface area contributed by atoms with Crippen molar-refractivity contribution < 1.29 is 9.18 Å². The highest BCUT2D eigenvalue weighted by atomic mass is 19.1. The lowest BCUT2D eigenvalue weighted by molar-refractivity contribution is -0.115. The number of nitrogens with zero attached hydrogens (tertiary/aromatic N) is 3. The smallest absolute Gasteiger partial charge is 0.228 e. The number of benzene rings is 2. The van der Waals surface area contributed by atoms with Gasteiger partial charge in [0.1, 0.15) is 5.82 Å². The van der Waals surface area contributed by atoms with Crippen LogP contribution < -0.4 is 5.32 Å². The van der Waals surface area contributed by atoms with Crippen LogP contribution in [-0.4, -0.2) is 20.5 Å². The molecule has 0 atom stereocenters. The van der Waals surface area contributed by atoms with Gasteiger partial charge in [0.15, 0.2) is 11.5 Å². The molecule has 0 spiro atoms. The van der Waals surface area contributed by atoms with Gasteiger partial charge in [0.2, 0.25) is 5.91 Å². The zero-order valence-electron chi connectivity index (χ0n) is 13.8. The molecule has 2 aromatic carbocycles. The second-order valence-corrected chi connectivity index (χ2v) is 5.88. The van der Waals surface area contributed by atoms with Gasteiger partial charge in [0.25, 0.3) is 0 Å². The van der Waals surface area contributed by atoms with Gasteiger partial charge in [-0.2, -0.15) is 0 Å². The van der Waals surface area contributed by atoms with Gasteiger partial charge >= 0.3 is 0 Å². The van der Waals surface area contributed by atoms with Gasteiger partial charge in [-0.15, -0.1) is 10.2 Å². The summed E-state index contributed by atoms with van der Waals surface area (Å²) in [6.07, 6.45) is 2.07. The number of carbonyl (C=O) groups excluding carboxylic acids is 1. The normalized spacial score (nSPS) is 10.8. The first-order valence-corrected chi connectivity index (χ1v) is 8.13. The van der Waals surface area contributed by atoms with E-state index in [1.54, 1.807) is 12.1 Å². The molecule has 0 bridgehead atoms. The molecule has 4 aromatic rings. The van der Waals surface area contributed by atoms with Crippen molar-refractivity contribution >= 4 is 17.2 Å². The van der Waals surface area contributed by atoms with Gasteiger partial charge < -0.3 is 5.32 Å². The average molecular weight is 346 g/mol. The molecule has 6 heteroatoms. The van der Waals surface area contributed by atoms with E-state index < -0.39 is 0 Å². The molecule has 0 radical (unpaired) electrons. The van der Waals surface area contributed by atoms with Crippen LogP contribution >= 0.6 is 0 Å². The molecule has 0 saturated carbocycles. The van der Waals surface area contributed by atoms with Crippen molar-refractivity contribution in [2.45, 2.75) is 6.42 Å². The number of rotatable bonds is 4. The highest BCUT2D eigenvalue weighted by Gasteiger charge is 2.09. The fraction of sp³-hybridized carbons (Fsp3) is 0.0500. The van der Waals surface area contributed by atoms with Gasteiger partial charge in [-0.3, -0.25) is 9.20 Å². The number of hydrogen-bond acceptors (Lipinski definition) is 3. The third-order valence-electron chi connectivity index (χ3n) is 4.00. The van der Waals surface area contributed by atoms with Crippen LogP contribution in [-0.2, 0) is 11.2 Å². The Morgan fingerprint density at radius 1 is 1.00 bits per heavy atom. The molecule has 2 heterocycles. The monoisotopic (exact) mass is 346 g/mol. The quantitative estimate of drug-likeness (QED) is 0.613. The van der Waals surface area contributed by atoms with Crippen molar-refractivity contribution in [3.63, 3.8) is 0 Å². The maximum absolute atomic E-state index is 12.9. The van der Waals surface area contributed by atoms with E-state index in [9.17, 15) is 9.18 Å². The molecule has 0 saturated heterocycles. The Morgan fingerprint density at radius 3 is 2.69 bits per heavy atom. The topological polar surface area (TPSA) is 59.3 Å². The van der Waals surface area contributed by atoms with Gasteiger partial charge in [-0.1, -0.05) is 30.3 Å². The predicted octanol–water partition coefficient (Wildman–Crippen LogP) is 3.72. The molecule has 0 aliphatic heterocycles. The second-order valence-electron chi connectivity index (χ2n) is 5.88. The Labute approximate surface area is 149 Å². The van der Waals surface area contributed by atoms with Crippen LogP contribution in [0, 0.1) is 5.82 Å². The molecule has 0 aliphatic carbocycles. The van der Waals surface area contributed by atoms with E-state index in [-0.39, 0.29) is 18.1 Å². The van der Waals surface area contributed by atoms with Gasteiger partial charge in [-0.25, -0.2) is 4.39 Å². The largest absolute Gasteiger partial charge is 0.326 e. The van der Waals surface area contributed by atoms with Crippen LogP contribution in [0.3, 0.4) is 0 Å². The van der Waals surface area contributed by atoms with E-state index in [2.05, 4.69) is 15.5 Å². The van der Waals surface area contributed by atoms with E-state index in [1.807, 2.05) is 53.1 Å². The van der Waals surface area contributed by atoms with Crippen LogP contribution in [0.5, 0.6) is 0 Å². The number of anilines is 1. The molecule has 4 rings (SSSR count). The fourth-order valence-electron chi connectivity index (χ4n) is 2.77. The number of nitrogens with one attached hydrogen (secondary N) is 1. The van der Waals surface area contributed by atoms with E-state index >= 15 is 0 Å². The second kappa shape index (κ2) is 6.76. The van der Waals surface area contributed by atoms with Crippen LogP contribution in [0.2, 0.25) is 0 Å². The zero-order valence-corrected chi connectivity index (χ0v) is 13.8. The Bertz CT molecular complexity index is 1070. The highest BCUT2D eigenvalue weighted by Crippen LogP contribution is 2.22. The fourth-order valence-corrected chi connectivity index (χ4v) is 2.77. The Hall–Kier alpha value is -3.54. The number of hydrogen-bond donors (Lipinski definition) is 1. The van der Waals surface area contributed by atoms with Crippen molar-refractivity contribution in [2.75, 3.05) is 5.32 Å². The third kappa shape index (κ3) is 3.30. The minimum absolute atomic E-state index is 0.167. The summed E-state index contributed by atoms with van der Waals surface area (Å²) >= 11 is 0. The van der Waals surface area contributed by atoms with E-state index in [1.165, 1.54) is 12.1 Å². The summed E-state index contributed by atoms with van der Waals surface area (Å²) in [5, 5.41) is 11.2. The number of pyridine rings is 1. The van der Waals surface area contributed by atoms with Crippen molar-refractivity contribution in [2.24, 2.45) is 0 Å². The number of fused-ring (bicyclic) bond motifs is 1. The molecule has 26 heavy (non-hydrogen) atoms. The van der Waals surface area contributed by atoms with Gasteiger partial charge in [0, 0.05) is 17.4 Å². The SMILES string of the molecule is O=C(Cc1ccc(F)cc1)Nc1cccc(-c2nnc3ccccn23)c1. The lowest BCUT2D eigenvalue weighted by atomic mass is 10.1. The molecule has 0 aliphatic rings. The average Bonchev–Trinajstić information content (AvgIpc) is 3.08. The first-order chi connectivity index (χ1) is 12.7. The minimum Gasteiger partial charge on any atom is -0.326 e. The maximum atomic E-state index is 12.9. The summed E-state index contributed by atoms with van der Waals surface area (Å²) in [4.78, 5) is 12.2. The Morgan fingerprint density at radius 2 is 1.85 bits per heavy atom. The zero-order chi connectivity index (χ0) is 17.9. The predicted molar refractivity (Wildman–Crippen MR) is 97.2 cm³/mol. The van der Waals surface area contributed by atoms with Gasteiger partial charge in [-0.05, 0) is 42.0 Å². The lowest BCUT2D eigenvalue weighted by Crippen LogP contribution is -2.14. The van der Waals surface area contributed by atoms with E-state index in [0.717, 1.165) is 16.8 Å². The highest BCUT2D eigenvalue weighted by molar-refractivity contribution is 5.92. The van der Waals surface area contributed by atoms with E-state index in [0.29, 0.717) is 11.5 Å². The first kappa shape index (κ1) is 16.0. The van der Waals surface area contributed by atoms with Crippen molar-refractivity contribution in [3.05, 3.63) is 84.3 Å².